The number of likely N-dealkylation sites (tertiary alicyclic amines) is 1. The third kappa shape index (κ3) is 4.64. The summed E-state index contributed by atoms with van der Waals surface area (Å²) in [6.07, 6.45) is 4.82. The first-order valence-corrected chi connectivity index (χ1v) is 10.6. The third-order valence-corrected chi connectivity index (χ3v) is 5.81. The predicted molar refractivity (Wildman–Crippen MR) is 113 cm³/mol. The van der Waals surface area contributed by atoms with Gasteiger partial charge < -0.3 is 19.5 Å². The van der Waals surface area contributed by atoms with Crippen molar-refractivity contribution in [2.75, 3.05) is 44.2 Å². The van der Waals surface area contributed by atoms with Crippen molar-refractivity contribution >= 4 is 17.6 Å². The second-order valence-electron chi connectivity index (χ2n) is 8.02. The van der Waals surface area contributed by atoms with Crippen molar-refractivity contribution in [1.29, 1.82) is 0 Å². The Kier molecular flexibility index (Phi) is 6.32. The molecule has 8 nitrogen and oxygen atoms in total. The molecule has 2 aliphatic rings. The molecule has 2 aromatic rings. The molecular formula is C22H29N5O3. The van der Waals surface area contributed by atoms with Crippen molar-refractivity contribution in [3.05, 3.63) is 48.6 Å². The molecule has 0 saturated carbocycles. The lowest BCUT2D eigenvalue weighted by Gasteiger charge is -2.36. The SMILES string of the molecule is CC(CN1CCN(c2ccccn2)CC1)NC(=O)C1CCCN1C(=O)c1ccco1. The largest absolute Gasteiger partial charge is 0.459 e. The molecule has 0 spiro atoms. The van der Waals surface area contributed by atoms with Gasteiger partial charge in [-0.05, 0) is 44.0 Å². The van der Waals surface area contributed by atoms with Gasteiger partial charge in [0.25, 0.3) is 5.91 Å². The molecule has 2 aromatic heterocycles. The summed E-state index contributed by atoms with van der Waals surface area (Å²) in [5, 5.41) is 3.11. The summed E-state index contributed by atoms with van der Waals surface area (Å²) in [5.74, 6) is 1.01. The number of rotatable bonds is 6. The molecule has 4 rings (SSSR count). The smallest absolute Gasteiger partial charge is 0.290 e. The van der Waals surface area contributed by atoms with Crippen LogP contribution in [0.1, 0.15) is 30.3 Å². The van der Waals surface area contributed by atoms with E-state index in [1.54, 1.807) is 17.0 Å². The Morgan fingerprint density at radius 3 is 2.70 bits per heavy atom. The molecule has 1 N–H and O–H groups in total. The fourth-order valence-electron chi connectivity index (χ4n) is 4.30. The first kappa shape index (κ1) is 20.4. The van der Waals surface area contributed by atoms with Gasteiger partial charge in [0.1, 0.15) is 11.9 Å². The number of aromatic nitrogens is 1. The van der Waals surface area contributed by atoms with E-state index < -0.39 is 6.04 Å². The van der Waals surface area contributed by atoms with Gasteiger partial charge in [0.2, 0.25) is 5.91 Å². The second-order valence-corrected chi connectivity index (χ2v) is 8.02. The van der Waals surface area contributed by atoms with Gasteiger partial charge in [-0.3, -0.25) is 14.5 Å². The van der Waals surface area contributed by atoms with Crippen LogP contribution in [-0.2, 0) is 4.79 Å². The molecule has 8 heteroatoms. The zero-order valence-corrected chi connectivity index (χ0v) is 17.4. The molecule has 160 valence electrons. The highest BCUT2D eigenvalue weighted by molar-refractivity contribution is 5.96. The number of carbonyl (C=O) groups excluding carboxylic acids is 2. The maximum atomic E-state index is 12.8. The molecule has 2 aliphatic heterocycles. The molecule has 2 atom stereocenters. The zero-order chi connectivity index (χ0) is 20.9. The van der Waals surface area contributed by atoms with E-state index in [4.69, 9.17) is 4.42 Å². The number of hydrogen-bond donors (Lipinski definition) is 1. The summed E-state index contributed by atoms with van der Waals surface area (Å²) >= 11 is 0. The molecule has 2 amide bonds. The molecule has 2 fully saturated rings. The fraction of sp³-hybridized carbons (Fsp3) is 0.500. The maximum absolute atomic E-state index is 12.8. The van der Waals surface area contributed by atoms with Crippen LogP contribution < -0.4 is 10.2 Å². The standard InChI is InChI=1S/C22H29N5O3/c1-17(16-25-11-13-26(14-12-25)20-8-2-3-9-23-20)24-21(28)18-6-4-10-27(18)22(29)19-7-5-15-30-19/h2-3,5,7-9,15,17-18H,4,6,10-14,16H2,1H3,(H,24,28). The topological polar surface area (TPSA) is 81.9 Å². The first-order valence-electron chi connectivity index (χ1n) is 10.6. The molecule has 30 heavy (non-hydrogen) atoms. The Labute approximate surface area is 176 Å². The lowest BCUT2D eigenvalue weighted by Crippen LogP contribution is -2.53. The van der Waals surface area contributed by atoms with Crippen LogP contribution in [0.15, 0.2) is 47.2 Å². The van der Waals surface area contributed by atoms with E-state index in [-0.39, 0.29) is 23.6 Å². The molecule has 4 heterocycles. The summed E-state index contributed by atoms with van der Waals surface area (Å²) in [4.78, 5) is 36.2. The molecule has 0 aromatic carbocycles. The first-order chi connectivity index (χ1) is 14.6. The van der Waals surface area contributed by atoms with E-state index in [1.165, 1.54) is 6.26 Å². The fourth-order valence-corrected chi connectivity index (χ4v) is 4.30. The van der Waals surface area contributed by atoms with Gasteiger partial charge >= 0.3 is 0 Å². The Bertz CT molecular complexity index is 834. The van der Waals surface area contributed by atoms with Crippen LogP contribution in [0.2, 0.25) is 0 Å². The van der Waals surface area contributed by atoms with E-state index in [0.29, 0.717) is 13.0 Å². The molecule has 0 aliphatic carbocycles. The van der Waals surface area contributed by atoms with Crippen LogP contribution in [0, 0.1) is 0 Å². The van der Waals surface area contributed by atoms with Gasteiger partial charge in [0.15, 0.2) is 5.76 Å². The zero-order valence-electron chi connectivity index (χ0n) is 17.4. The number of furan rings is 1. The van der Waals surface area contributed by atoms with Crippen LogP contribution in [0.4, 0.5) is 5.82 Å². The quantitative estimate of drug-likeness (QED) is 0.778. The third-order valence-electron chi connectivity index (χ3n) is 5.81. The summed E-state index contributed by atoms with van der Waals surface area (Å²) in [5.41, 5.74) is 0. The predicted octanol–water partition coefficient (Wildman–Crippen LogP) is 1.61. The molecule has 0 radical (unpaired) electrons. The van der Waals surface area contributed by atoms with E-state index in [2.05, 4.69) is 20.1 Å². The lowest BCUT2D eigenvalue weighted by atomic mass is 10.1. The molecule has 2 unspecified atom stereocenters. The van der Waals surface area contributed by atoms with Crippen molar-refractivity contribution in [3.63, 3.8) is 0 Å². The number of nitrogens with one attached hydrogen (secondary N) is 1. The summed E-state index contributed by atoms with van der Waals surface area (Å²) in [6.45, 7) is 7.11. The van der Waals surface area contributed by atoms with Crippen LogP contribution in [0.3, 0.4) is 0 Å². The minimum atomic E-state index is -0.425. The van der Waals surface area contributed by atoms with Crippen molar-refractivity contribution in [1.82, 2.24) is 20.1 Å². The average molecular weight is 412 g/mol. The monoisotopic (exact) mass is 411 g/mol. The minimum Gasteiger partial charge on any atom is -0.459 e. The number of anilines is 1. The van der Waals surface area contributed by atoms with Gasteiger partial charge in [-0.25, -0.2) is 4.98 Å². The van der Waals surface area contributed by atoms with E-state index in [9.17, 15) is 9.59 Å². The second kappa shape index (κ2) is 9.30. The van der Waals surface area contributed by atoms with Gasteiger partial charge in [-0.1, -0.05) is 6.07 Å². The lowest BCUT2D eigenvalue weighted by molar-refractivity contribution is -0.125. The summed E-state index contributed by atoms with van der Waals surface area (Å²) in [7, 11) is 0. The summed E-state index contributed by atoms with van der Waals surface area (Å²) < 4.78 is 5.22. The van der Waals surface area contributed by atoms with Crippen molar-refractivity contribution in [2.24, 2.45) is 0 Å². The summed E-state index contributed by atoms with van der Waals surface area (Å²) in [6, 6.07) is 8.89. The number of nitrogens with zero attached hydrogens (tertiary/aromatic N) is 4. The maximum Gasteiger partial charge on any atom is 0.290 e. The normalized spacial score (nSPS) is 20.9. The number of carbonyl (C=O) groups is 2. The van der Waals surface area contributed by atoms with Gasteiger partial charge in [-0.15, -0.1) is 0 Å². The van der Waals surface area contributed by atoms with Crippen LogP contribution in [0.25, 0.3) is 0 Å². The molecule has 0 bridgehead atoms. The van der Waals surface area contributed by atoms with Crippen molar-refractivity contribution < 1.29 is 14.0 Å². The van der Waals surface area contributed by atoms with Crippen molar-refractivity contribution in [3.8, 4) is 0 Å². The Morgan fingerprint density at radius 2 is 2.00 bits per heavy atom. The highest BCUT2D eigenvalue weighted by Crippen LogP contribution is 2.21. The van der Waals surface area contributed by atoms with Gasteiger partial charge in [0, 0.05) is 51.5 Å². The van der Waals surface area contributed by atoms with Gasteiger partial charge in [-0.2, -0.15) is 0 Å². The van der Waals surface area contributed by atoms with E-state index in [0.717, 1.165) is 45.0 Å². The van der Waals surface area contributed by atoms with Crippen LogP contribution in [-0.4, -0.2) is 78.0 Å². The highest BCUT2D eigenvalue weighted by atomic mass is 16.3. The van der Waals surface area contributed by atoms with Crippen molar-refractivity contribution in [2.45, 2.75) is 31.8 Å². The van der Waals surface area contributed by atoms with E-state index in [1.807, 2.05) is 31.3 Å². The average Bonchev–Trinajstić information content (AvgIpc) is 3.47. The Balaban J connectivity index is 1.25. The van der Waals surface area contributed by atoms with Crippen LogP contribution in [0.5, 0.6) is 0 Å². The Hall–Kier alpha value is -2.87. The number of amides is 2. The van der Waals surface area contributed by atoms with Gasteiger partial charge in [0.05, 0.1) is 6.26 Å². The Morgan fingerprint density at radius 1 is 1.17 bits per heavy atom. The highest BCUT2D eigenvalue weighted by Gasteiger charge is 2.36. The van der Waals surface area contributed by atoms with E-state index >= 15 is 0 Å². The molecule has 2 saturated heterocycles. The minimum absolute atomic E-state index is 0.0139. The van der Waals surface area contributed by atoms with Crippen LogP contribution >= 0.6 is 0 Å². The number of hydrogen-bond acceptors (Lipinski definition) is 6. The number of pyridine rings is 1. The molecular weight excluding hydrogens is 382 g/mol. The number of piperazine rings is 1.